The van der Waals surface area contributed by atoms with Crippen molar-refractivity contribution < 1.29 is 14.3 Å². The normalized spacial score (nSPS) is 11.1. The Labute approximate surface area is 207 Å². The Balaban J connectivity index is 1.70. The van der Waals surface area contributed by atoms with Crippen molar-refractivity contribution in [2.45, 2.75) is 33.0 Å². The first-order valence-electron chi connectivity index (χ1n) is 11.8. The van der Waals surface area contributed by atoms with E-state index in [4.69, 9.17) is 9.47 Å². The Hall–Kier alpha value is -4.18. The van der Waals surface area contributed by atoms with Crippen molar-refractivity contribution in [3.63, 3.8) is 0 Å². The number of anilines is 1. The fourth-order valence-corrected chi connectivity index (χ4v) is 3.87. The van der Waals surface area contributed by atoms with E-state index in [9.17, 15) is 14.4 Å². The van der Waals surface area contributed by atoms with E-state index < -0.39 is 23.7 Å². The Morgan fingerprint density at radius 2 is 1.83 bits per heavy atom. The zero-order valence-corrected chi connectivity index (χ0v) is 20.3. The van der Waals surface area contributed by atoms with Crippen molar-refractivity contribution in [2.75, 3.05) is 25.6 Å². The van der Waals surface area contributed by atoms with Gasteiger partial charge < -0.3 is 19.4 Å². The molecule has 0 aliphatic carbocycles. The summed E-state index contributed by atoms with van der Waals surface area (Å²) in [6, 6.07) is 16.4. The Morgan fingerprint density at radius 3 is 2.58 bits per heavy atom. The minimum atomic E-state index is -0.608. The highest BCUT2D eigenvalue weighted by molar-refractivity contribution is 5.90. The van der Waals surface area contributed by atoms with E-state index in [-0.39, 0.29) is 17.7 Å². The molecule has 10 nitrogen and oxygen atoms in total. The minimum absolute atomic E-state index is 0.205. The quantitative estimate of drug-likeness (QED) is 0.345. The van der Waals surface area contributed by atoms with Crippen molar-refractivity contribution in [2.24, 2.45) is 0 Å². The Morgan fingerprint density at radius 1 is 1.03 bits per heavy atom. The molecule has 0 radical (unpaired) electrons. The first-order chi connectivity index (χ1) is 17.5. The zero-order valence-electron chi connectivity index (χ0n) is 20.3. The van der Waals surface area contributed by atoms with Crippen molar-refractivity contribution in [3.05, 3.63) is 87.3 Å². The van der Waals surface area contributed by atoms with Gasteiger partial charge >= 0.3 is 5.69 Å². The fourth-order valence-electron chi connectivity index (χ4n) is 3.87. The summed E-state index contributed by atoms with van der Waals surface area (Å²) < 4.78 is 14.8. The molecule has 2 heterocycles. The number of carbonyl (C=O) groups excluding carboxylic acids is 1. The molecular formula is C26H29N5O5. The highest BCUT2D eigenvalue weighted by Crippen LogP contribution is 2.17. The standard InChI is InChI=1S/C26H29N5O5/c1-3-13-36-21-11-7-10-20(15-21)28-22(32)17-31-25(33)23-24(27-18-29(23)12-14-35-2)30(26(31)34)16-19-8-5-4-6-9-19/h4-11,15,18H,3,12-14,16-17H2,1-2H3,(H,28,32). The fraction of sp³-hybridized carbons (Fsp3) is 0.308. The van der Waals surface area contributed by atoms with Crippen LogP contribution in [0.4, 0.5) is 5.69 Å². The first-order valence-corrected chi connectivity index (χ1v) is 11.8. The number of hydrogen-bond donors (Lipinski definition) is 1. The van der Waals surface area contributed by atoms with Gasteiger partial charge in [-0.15, -0.1) is 0 Å². The molecule has 0 aliphatic heterocycles. The van der Waals surface area contributed by atoms with Gasteiger partial charge in [0, 0.05) is 25.4 Å². The van der Waals surface area contributed by atoms with Crippen molar-refractivity contribution in [3.8, 4) is 5.75 Å². The van der Waals surface area contributed by atoms with Crippen LogP contribution in [0, 0.1) is 0 Å². The number of hydrogen-bond acceptors (Lipinski definition) is 6. The van der Waals surface area contributed by atoms with Gasteiger partial charge in [0.1, 0.15) is 12.3 Å². The average molecular weight is 492 g/mol. The van der Waals surface area contributed by atoms with Crippen LogP contribution in [0.15, 0.2) is 70.5 Å². The summed E-state index contributed by atoms with van der Waals surface area (Å²) in [5, 5.41) is 2.75. The molecule has 0 bridgehead atoms. The lowest BCUT2D eigenvalue weighted by atomic mass is 10.2. The maximum Gasteiger partial charge on any atom is 0.333 e. The lowest BCUT2D eigenvalue weighted by Gasteiger charge is -2.13. The Kier molecular flexibility index (Phi) is 7.96. The van der Waals surface area contributed by atoms with Crippen LogP contribution >= 0.6 is 0 Å². The summed E-state index contributed by atoms with van der Waals surface area (Å²) in [6.45, 7) is 3.06. The van der Waals surface area contributed by atoms with E-state index in [1.807, 2.05) is 37.3 Å². The van der Waals surface area contributed by atoms with Crippen LogP contribution in [0.3, 0.4) is 0 Å². The molecule has 0 spiro atoms. The molecule has 188 valence electrons. The van der Waals surface area contributed by atoms with Crippen LogP contribution < -0.4 is 21.3 Å². The summed E-state index contributed by atoms with van der Waals surface area (Å²) in [7, 11) is 1.56. The average Bonchev–Trinajstić information content (AvgIpc) is 3.31. The molecule has 4 aromatic rings. The molecule has 0 saturated carbocycles. The van der Waals surface area contributed by atoms with E-state index in [0.29, 0.717) is 31.2 Å². The molecule has 2 aromatic heterocycles. The molecule has 1 N–H and O–H groups in total. The second kappa shape index (κ2) is 11.5. The van der Waals surface area contributed by atoms with Crippen molar-refractivity contribution in [1.82, 2.24) is 18.7 Å². The third kappa shape index (κ3) is 5.55. The highest BCUT2D eigenvalue weighted by atomic mass is 16.5. The van der Waals surface area contributed by atoms with E-state index in [0.717, 1.165) is 16.6 Å². The molecule has 0 aliphatic rings. The minimum Gasteiger partial charge on any atom is -0.494 e. The van der Waals surface area contributed by atoms with Gasteiger partial charge in [-0.05, 0) is 24.1 Å². The molecule has 36 heavy (non-hydrogen) atoms. The lowest BCUT2D eigenvalue weighted by molar-refractivity contribution is -0.116. The highest BCUT2D eigenvalue weighted by Gasteiger charge is 2.20. The van der Waals surface area contributed by atoms with Crippen LogP contribution in [-0.2, 0) is 29.2 Å². The van der Waals surface area contributed by atoms with Crippen molar-refractivity contribution in [1.29, 1.82) is 0 Å². The van der Waals surface area contributed by atoms with Gasteiger partial charge in [0.25, 0.3) is 5.56 Å². The number of carbonyl (C=O) groups is 1. The van der Waals surface area contributed by atoms with Crippen LogP contribution in [-0.4, -0.2) is 44.9 Å². The van der Waals surface area contributed by atoms with Gasteiger partial charge in [-0.3, -0.25) is 14.2 Å². The third-order valence-electron chi connectivity index (χ3n) is 5.60. The maximum atomic E-state index is 13.4. The molecule has 0 saturated heterocycles. The third-order valence-corrected chi connectivity index (χ3v) is 5.60. The number of rotatable bonds is 11. The van der Waals surface area contributed by atoms with Crippen LogP contribution in [0.25, 0.3) is 11.2 Å². The smallest absolute Gasteiger partial charge is 0.333 e. The van der Waals surface area contributed by atoms with E-state index in [2.05, 4.69) is 10.3 Å². The largest absolute Gasteiger partial charge is 0.494 e. The van der Waals surface area contributed by atoms with E-state index in [1.165, 1.54) is 10.9 Å². The second-order valence-corrected chi connectivity index (χ2v) is 8.27. The summed E-state index contributed by atoms with van der Waals surface area (Å²) in [5.74, 6) is 0.121. The second-order valence-electron chi connectivity index (χ2n) is 8.27. The van der Waals surface area contributed by atoms with E-state index in [1.54, 1.807) is 35.9 Å². The number of fused-ring (bicyclic) bond motifs is 1. The number of imidazole rings is 1. The monoisotopic (exact) mass is 491 g/mol. The number of nitrogens with one attached hydrogen (secondary N) is 1. The van der Waals surface area contributed by atoms with Gasteiger partial charge in [0.05, 0.1) is 26.1 Å². The van der Waals surface area contributed by atoms with Crippen LogP contribution in [0.1, 0.15) is 18.9 Å². The first kappa shape index (κ1) is 24.9. The number of ether oxygens (including phenoxy) is 2. The number of methoxy groups -OCH3 is 1. The molecule has 0 atom stereocenters. The molecule has 4 rings (SSSR count). The van der Waals surface area contributed by atoms with Gasteiger partial charge in [-0.2, -0.15) is 0 Å². The zero-order chi connectivity index (χ0) is 25.5. The number of nitrogens with zero attached hydrogens (tertiary/aromatic N) is 4. The van der Waals surface area contributed by atoms with E-state index >= 15 is 0 Å². The predicted molar refractivity (Wildman–Crippen MR) is 137 cm³/mol. The maximum absolute atomic E-state index is 13.4. The van der Waals surface area contributed by atoms with Gasteiger partial charge in [0.2, 0.25) is 5.91 Å². The predicted octanol–water partition coefficient (Wildman–Crippen LogP) is 2.48. The lowest BCUT2D eigenvalue weighted by Crippen LogP contribution is -2.43. The number of aromatic nitrogens is 4. The van der Waals surface area contributed by atoms with Gasteiger partial charge in [0.15, 0.2) is 11.2 Å². The summed E-state index contributed by atoms with van der Waals surface area (Å²) >= 11 is 0. The number of amides is 1. The summed E-state index contributed by atoms with van der Waals surface area (Å²) in [5.41, 5.74) is 0.697. The van der Waals surface area contributed by atoms with Crippen molar-refractivity contribution >= 4 is 22.8 Å². The molecule has 1 amide bonds. The molecule has 10 heteroatoms. The van der Waals surface area contributed by atoms with Gasteiger partial charge in [-0.25, -0.2) is 14.3 Å². The molecule has 2 aromatic carbocycles. The summed E-state index contributed by atoms with van der Waals surface area (Å²) in [4.78, 5) is 44.1. The summed E-state index contributed by atoms with van der Waals surface area (Å²) in [6.07, 6.45) is 2.37. The SMILES string of the molecule is CCCOc1cccc(NC(=O)Cn2c(=O)c3c(ncn3CCOC)n(Cc3ccccc3)c2=O)c1. The van der Waals surface area contributed by atoms with Crippen LogP contribution in [0.2, 0.25) is 0 Å². The Bertz CT molecular complexity index is 1460. The number of benzene rings is 2. The van der Waals surface area contributed by atoms with Crippen LogP contribution in [0.5, 0.6) is 5.75 Å². The molecule has 0 unspecified atom stereocenters. The molecular weight excluding hydrogens is 462 g/mol. The molecule has 0 fully saturated rings. The topological polar surface area (TPSA) is 109 Å². The van der Waals surface area contributed by atoms with Gasteiger partial charge in [-0.1, -0.05) is 43.3 Å².